The smallest absolute Gasteiger partial charge is 0.326 e. The molecule has 0 aromatic rings. The van der Waals surface area contributed by atoms with Gasteiger partial charge in [-0.2, -0.15) is 0 Å². The first-order valence-corrected chi connectivity index (χ1v) is 10.6. The summed E-state index contributed by atoms with van der Waals surface area (Å²) >= 11 is 0. The number of hydrogen-bond donors (Lipinski definition) is 7. The number of rotatable bonds is 15. The highest BCUT2D eigenvalue weighted by Crippen LogP contribution is 2.13. The predicted molar refractivity (Wildman–Crippen MR) is 116 cm³/mol. The quantitative estimate of drug-likeness (QED) is 0.143. The summed E-state index contributed by atoms with van der Waals surface area (Å²) in [4.78, 5) is 71.3. The van der Waals surface area contributed by atoms with Gasteiger partial charge in [-0.3, -0.25) is 24.0 Å². The molecule has 0 aliphatic carbocycles. The highest BCUT2D eigenvalue weighted by atomic mass is 16.4. The van der Waals surface area contributed by atoms with E-state index in [1.807, 2.05) is 0 Å². The van der Waals surface area contributed by atoms with E-state index in [2.05, 4.69) is 16.0 Å². The number of amides is 4. The molecule has 0 heterocycles. The van der Waals surface area contributed by atoms with Crippen LogP contribution in [0.2, 0.25) is 0 Å². The first-order chi connectivity index (χ1) is 15.2. The van der Waals surface area contributed by atoms with E-state index in [1.54, 1.807) is 27.7 Å². The van der Waals surface area contributed by atoms with Crippen molar-refractivity contribution in [3.05, 3.63) is 0 Å². The second-order valence-electron chi connectivity index (χ2n) is 8.02. The Morgan fingerprint density at radius 1 is 0.758 bits per heavy atom. The molecule has 4 amide bonds. The van der Waals surface area contributed by atoms with E-state index in [0.717, 1.165) is 0 Å². The average molecular weight is 474 g/mol. The molecule has 0 saturated heterocycles. The van der Waals surface area contributed by atoms with Crippen molar-refractivity contribution in [2.24, 2.45) is 23.3 Å². The van der Waals surface area contributed by atoms with Gasteiger partial charge in [-0.1, -0.05) is 40.5 Å². The Kier molecular flexibility index (Phi) is 12.7. The van der Waals surface area contributed by atoms with Gasteiger partial charge in [0, 0.05) is 0 Å². The van der Waals surface area contributed by atoms with Crippen LogP contribution in [0.4, 0.5) is 0 Å². The zero-order chi connectivity index (χ0) is 25.9. The van der Waals surface area contributed by atoms with Gasteiger partial charge in [0.05, 0.1) is 18.9 Å². The van der Waals surface area contributed by atoms with Gasteiger partial charge >= 0.3 is 11.9 Å². The van der Waals surface area contributed by atoms with Crippen molar-refractivity contribution in [3.8, 4) is 0 Å². The third-order valence-corrected chi connectivity index (χ3v) is 5.34. The maximum Gasteiger partial charge on any atom is 0.326 e. The van der Waals surface area contributed by atoms with E-state index in [-0.39, 0.29) is 0 Å². The van der Waals surface area contributed by atoms with Gasteiger partial charge in [0.25, 0.3) is 0 Å². The summed E-state index contributed by atoms with van der Waals surface area (Å²) in [6, 6.07) is -5.24. The molecule has 0 aromatic carbocycles. The van der Waals surface area contributed by atoms with E-state index in [1.165, 1.54) is 0 Å². The highest BCUT2D eigenvalue weighted by molar-refractivity contribution is 5.95. The van der Waals surface area contributed by atoms with E-state index in [9.17, 15) is 33.9 Å². The molecule has 0 saturated carbocycles. The lowest BCUT2D eigenvalue weighted by Gasteiger charge is -2.30. The molecule has 6 unspecified atom stereocenters. The fourth-order valence-corrected chi connectivity index (χ4v) is 2.85. The van der Waals surface area contributed by atoms with Crippen molar-refractivity contribution >= 4 is 35.6 Å². The average Bonchev–Trinajstić information content (AvgIpc) is 2.72. The Morgan fingerprint density at radius 2 is 1.18 bits per heavy atom. The second kappa shape index (κ2) is 14.0. The monoisotopic (exact) mass is 473 g/mol. The summed E-state index contributed by atoms with van der Waals surface area (Å²) in [5.74, 6) is -6.88. The molecule has 0 radical (unpaired) electrons. The van der Waals surface area contributed by atoms with E-state index in [4.69, 9.17) is 16.6 Å². The van der Waals surface area contributed by atoms with Crippen LogP contribution in [-0.4, -0.2) is 69.9 Å². The van der Waals surface area contributed by atoms with Crippen LogP contribution in [0.3, 0.4) is 0 Å². The molecule has 0 rings (SSSR count). The van der Waals surface area contributed by atoms with Crippen molar-refractivity contribution in [2.45, 2.75) is 77.5 Å². The summed E-state index contributed by atoms with van der Waals surface area (Å²) in [6.45, 7) is 6.87. The minimum atomic E-state index is -1.57. The molecule has 9 N–H and O–H groups in total. The fraction of sp³-hybridized carbons (Fsp3) is 0.700. The largest absolute Gasteiger partial charge is 0.481 e. The molecule has 0 bridgehead atoms. The number of carboxylic acid groups (broad SMARTS) is 2. The maximum absolute atomic E-state index is 13.0. The van der Waals surface area contributed by atoms with Gasteiger partial charge in [0.2, 0.25) is 23.6 Å². The summed E-state index contributed by atoms with van der Waals surface area (Å²) in [7, 11) is 0. The van der Waals surface area contributed by atoms with Crippen LogP contribution < -0.4 is 27.4 Å². The molecule has 33 heavy (non-hydrogen) atoms. The Morgan fingerprint density at radius 3 is 1.55 bits per heavy atom. The standard InChI is InChI=1S/C20H35N5O8/c1-5-9(3)15(18(30)23-12(20(32)33)8-13(22)26)25-19(31)16(10(4)6-2)24-17(29)11(21)7-14(27)28/h9-12,15-16H,5-8,21H2,1-4H3,(H2,22,26)(H,23,30)(H,24,29)(H,25,31)(H,27,28)(H,32,33). The van der Waals surface area contributed by atoms with E-state index in [0.29, 0.717) is 12.8 Å². The SMILES string of the molecule is CCC(C)C(NC(=O)C(N)CC(=O)O)C(=O)NC(C(=O)NC(CC(N)=O)C(=O)O)C(C)CC. The first kappa shape index (κ1) is 29.8. The van der Waals surface area contributed by atoms with Crippen LogP contribution in [0.5, 0.6) is 0 Å². The number of carboxylic acids is 2. The van der Waals surface area contributed by atoms with Gasteiger partial charge < -0.3 is 37.6 Å². The minimum absolute atomic E-state index is 0.395. The lowest BCUT2D eigenvalue weighted by atomic mass is 9.94. The maximum atomic E-state index is 13.0. The molecular formula is C20H35N5O8. The number of primary amides is 1. The molecule has 13 heteroatoms. The van der Waals surface area contributed by atoms with Crippen LogP contribution in [-0.2, 0) is 28.8 Å². The van der Waals surface area contributed by atoms with Crippen molar-refractivity contribution in [1.82, 2.24) is 16.0 Å². The number of carbonyl (C=O) groups is 6. The molecule has 0 spiro atoms. The van der Waals surface area contributed by atoms with Gasteiger partial charge in [-0.25, -0.2) is 4.79 Å². The summed E-state index contributed by atoms with van der Waals surface area (Å²) in [5, 5.41) is 25.2. The van der Waals surface area contributed by atoms with Crippen LogP contribution in [0, 0.1) is 11.8 Å². The number of nitrogens with two attached hydrogens (primary N) is 2. The molecule has 188 valence electrons. The third-order valence-electron chi connectivity index (χ3n) is 5.34. The molecule has 6 atom stereocenters. The van der Waals surface area contributed by atoms with Gasteiger partial charge in [-0.15, -0.1) is 0 Å². The Bertz CT molecular complexity index is 744. The van der Waals surface area contributed by atoms with Gasteiger partial charge in [0.15, 0.2) is 0 Å². The zero-order valence-electron chi connectivity index (χ0n) is 19.3. The van der Waals surface area contributed by atoms with Crippen LogP contribution in [0.25, 0.3) is 0 Å². The number of hydrogen-bond acceptors (Lipinski definition) is 7. The minimum Gasteiger partial charge on any atom is -0.481 e. The number of nitrogens with one attached hydrogen (secondary N) is 3. The molecule has 13 nitrogen and oxygen atoms in total. The topological polar surface area (TPSA) is 231 Å². The lowest BCUT2D eigenvalue weighted by Crippen LogP contribution is -2.60. The molecular weight excluding hydrogens is 438 g/mol. The van der Waals surface area contributed by atoms with E-state index < -0.39 is 84.4 Å². The van der Waals surface area contributed by atoms with Gasteiger partial charge in [0.1, 0.15) is 18.1 Å². The van der Waals surface area contributed by atoms with Crippen molar-refractivity contribution in [3.63, 3.8) is 0 Å². The Hall–Kier alpha value is -3.22. The Balaban J connectivity index is 5.64. The second-order valence-corrected chi connectivity index (χ2v) is 8.02. The predicted octanol–water partition coefficient (Wildman–Crippen LogP) is -1.70. The van der Waals surface area contributed by atoms with Crippen LogP contribution in [0.1, 0.15) is 53.4 Å². The van der Waals surface area contributed by atoms with Crippen molar-refractivity contribution < 1.29 is 39.0 Å². The van der Waals surface area contributed by atoms with Gasteiger partial charge in [-0.05, 0) is 11.8 Å². The first-order valence-electron chi connectivity index (χ1n) is 10.6. The van der Waals surface area contributed by atoms with Crippen LogP contribution >= 0.6 is 0 Å². The van der Waals surface area contributed by atoms with E-state index >= 15 is 0 Å². The molecule has 0 aliphatic heterocycles. The molecule has 0 aromatic heterocycles. The number of carbonyl (C=O) groups excluding carboxylic acids is 4. The normalized spacial score (nSPS) is 16.3. The zero-order valence-corrected chi connectivity index (χ0v) is 19.3. The lowest BCUT2D eigenvalue weighted by molar-refractivity contribution is -0.144. The summed E-state index contributed by atoms with van der Waals surface area (Å²) in [6.07, 6.45) is -0.355. The third kappa shape index (κ3) is 10.3. The van der Waals surface area contributed by atoms with Crippen LogP contribution in [0.15, 0.2) is 0 Å². The molecule has 0 aliphatic rings. The Labute approximate surface area is 192 Å². The fourth-order valence-electron chi connectivity index (χ4n) is 2.85. The highest BCUT2D eigenvalue weighted by Gasteiger charge is 2.34. The molecule has 0 fully saturated rings. The summed E-state index contributed by atoms with van der Waals surface area (Å²) in [5.41, 5.74) is 10.6. The van der Waals surface area contributed by atoms with Crippen molar-refractivity contribution in [2.75, 3.05) is 0 Å². The van der Waals surface area contributed by atoms with Crippen molar-refractivity contribution in [1.29, 1.82) is 0 Å². The number of aliphatic carboxylic acids is 2. The summed E-state index contributed by atoms with van der Waals surface area (Å²) < 4.78 is 0.